The Kier molecular flexibility index (Phi) is 4.49. The fourth-order valence-corrected chi connectivity index (χ4v) is 2.36. The van der Waals surface area contributed by atoms with Gasteiger partial charge in [0.05, 0.1) is 6.10 Å². The Bertz CT molecular complexity index is 416. The molecule has 0 bridgehead atoms. The molecule has 1 aromatic heterocycles. The third-order valence-electron chi connectivity index (χ3n) is 3.20. The molecule has 1 aliphatic rings. The largest absolute Gasteiger partial charge is 0.389 e. The van der Waals surface area contributed by atoms with Gasteiger partial charge in [-0.05, 0) is 31.9 Å². The van der Waals surface area contributed by atoms with E-state index in [1.165, 1.54) is 0 Å². The molecule has 98 valence electrons. The fraction of sp³-hybridized carbons (Fsp3) is 0.538. The van der Waals surface area contributed by atoms with Gasteiger partial charge in [0.1, 0.15) is 10.8 Å². The van der Waals surface area contributed by atoms with Crippen LogP contribution in [0.4, 0.5) is 5.82 Å². The van der Waals surface area contributed by atoms with Gasteiger partial charge in [0.2, 0.25) is 0 Å². The highest BCUT2D eigenvalue weighted by Crippen LogP contribution is 2.20. The highest BCUT2D eigenvalue weighted by molar-refractivity contribution is 7.80. The minimum Gasteiger partial charge on any atom is -0.389 e. The van der Waals surface area contributed by atoms with Crippen LogP contribution in [-0.4, -0.2) is 35.8 Å². The van der Waals surface area contributed by atoms with Gasteiger partial charge in [-0.3, -0.25) is 0 Å². The number of nitrogens with zero attached hydrogens (tertiary/aromatic N) is 2. The third kappa shape index (κ3) is 3.17. The Balaban J connectivity index is 2.01. The quantitative estimate of drug-likeness (QED) is 0.840. The Morgan fingerprint density at radius 3 is 2.89 bits per heavy atom. The maximum Gasteiger partial charge on any atom is 0.129 e. The van der Waals surface area contributed by atoms with Crippen LogP contribution < -0.4 is 10.6 Å². The molecule has 5 heteroatoms. The summed E-state index contributed by atoms with van der Waals surface area (Å²) in [5, 5.41) is 0. The van der Waals surface area contributed by atoms with Crippen LogP contribution >= 0.6 is 12.2 Å². The molecule has 4 nitrogen and oxygen atoms in total. The van der Waals surface area contributed by atoms with E-state index in [0.29, 0.717) is 11.1 Å². The minimum atomic E-state index is 0.394. The summed E-state index contributed by atoms with van der Waals surface area (Å²) in [5.74, 6) is 0.954. The Morgan fingerprint density at radius 2 is 2.28 bits per heavy atom. The highest BCUT2D eigenvalue weighted by atomic mass is 32.1. The van der Waals surface area contributed by atoms with Gasteiger partial charge in [-0.25, -0.2) is 4.98 Å². The van der Waals surface area contributed by atoms with Crippen LogP contribution in [0, 0.1) is 0 Å². The van der Waals surface area contributed by atoms with E-state index in [4.69, 9.17) is 22.7 Å². The summed E-state index contributed by atoms with van der Waals surface area (Å²) < 4.78 is 5.64. The average molecular weight is 265 g/mol. The number of nitrogens with two attached hydrogens (primary N) is 1. The molecular formula is C13H19N3OS. The summed E-state index contributed by atoms with van der Waals surface area (Å²) in [7, 11) is 0. The third-order valence-corrected chi connectivity index (χ3v) is 3.43. The van der Waals surface area contributed by atoms with Crippen LogP contribution in [0.25, 0.3) is 0 Å². The summed E-state index contributed by atoms with van der Waals surface area (Å²) in [5.41, 5.74) is 6.52. The van der Waals surface area contributed by atoms with Crippen LogP contribution in [-0.2, 0) is 4.74 Å². The van der Waals surface area contributed by atoms with Gasteiger partial charge in [0.25, 0.3) is 0 Å². The van der Waals surface area contributed by atoms with Crippen molar-refractivity contribution in [2.45, 2.75) is 25.9 Å². The number of aromatic nitrogens is 1. The molecule has 0 spiro atoms. The van der Waals surface area contributed by atoms with E-state index in [9.17, 15) is 0 Å². The van der Waals surface area contributed by atoms with Crippen molar-refractivity contribution < 1.29 is 4.74 Å². The van der Waals surface area contributed by atoms with Gasteiger partial charge in [0.15, 0.2) is 0 Å². The zero-order valence-corrected chi connectivity index (χ0v) is 11.4. The molecule has 1 saturated heterocycles. The van der Waals surface area contributed by atoms with Crippen LogP contribution in [0.5, 0.6) is 0 Å². The predicted molar refractivity (Wildman–Crippen MR) is 77.0 cm³/mol. The summed E-state index contributed by atoms with van der Waals surface area (Å²) in [6, 6.07) is 3.81. The first-order valence-electron chi connectivity index (χ1n) is 6.33. The summed E-state index contributed by atoms with van der Waals surface area (Å²) >= 11 is 4.99. The lowest BCUT2D eigenvalue weighted by Crippen LogP contribution is -2.37. The maximum atomic E-state index is 5.64. The van der Waals surface area contributed by atoms with Gasteiger partial charge >= 0.3 is 0 Å². The Morgan fingerprint density at radius 1 is 1.56 bits per heavy atom. The van der Waals surface area contributed by atoms with Crippen molar-refractivity contribution in [1.82, 2.24) is 4.98 Å². The standard InChI is InChI=1S/C13H19N3OS/c1-2-17-11-4-7-16(8-5-11)12-9-10(13(14)18)3-6-15-12/h3,6,9,11H,2,4-5,7-8H2,1H3,(H2,14,18). The molecule has 0 atom stereocenters. The molecule has 2 heterocycles. The molecule has 0 saturated carbocycles. The number of pyridine rings is 1. The number of ether oxygens (including phenoxy) is 1. The molecule has 1 aliphatic heterocycles. The predicted octanol–water partition coefficient (Wildman–Crippen LogP) is 1.72. The second-order valence-corrected chi connectivity index (χ2v) is 4.85. The number of anilines is 1. The minimum absolute atomic E-state index is 0.394. The zero-order valence-electron chi connectivity index (χ0n) is 10.6. The monoisotopic (exact) mass is 265 g/mol. The number of rotatable bonds is 4. The number of hydrogen-bond donors (Lipinski definition) is 1. The van der Waals surface area contributed by atoms with Gasteiger partial charge in [-0.1, -0.05) is 12.2 Å². The normalized spacial score (nSPS) is 16.8. The lowest BCUT2D eigenvalue weighted by atomic mass is 10.1. The lowest BCUT2D eigenvalue weighted by Gasteiger charge is -2.32. The van der Waals surface area contributed by atoms with Crippen molar-refractivity contribution in [3.63, 3.8) is 0 Å². The van der Waals surface area contributed by atoms with E-state index in [-0.39, 0.29) is 0 Å². The smallest absolute Gasteiger partial charge is 0.129 e. The van der Waals surface area contributed by atoms with Gasteiger partial charge in [-0.2, -0.15) is 0 Å². The van der Waals surface area contributed by atoms with Gasteiger partial charge < -0.3 is 15.4 Å². The van der Waals surface area contributed by atoms with E-state index in [0.717, 1.165) is 43.9 Å². The van der Waals surface area contributed by atoms with E-state index in [2.05, 4.69) is 9.88 Å². The van der Waals surface area contributed by atoms with Crippen molar-refractivity contribution in [2.24, 2.45) is 5.73 Å². The zero-order chi connectivity index (χ0) is 13.0. The summed E-state index contributed by atoms with van der Waals surface area (Å²) in [6.07, 6.45) is 4.25. The summed E-state index contributed by atoms with van der Waals surface area (Å²) in [4.78, 5) is 7.07. The van der Waals surface area contributed by atoms with E-state index in [1.54, 1.807) is 6.20 Å². The van der Waals surface area contributed by atoms with Crippen molar-refractivity contribution in [1.29, 1.82) is 0 Å². The molecule has 0 radical (unpaired) electrons. The number of thiocarbonyl (C=S) groups is 1. The first kappa shape index (κ1) is 13.2. The molecule has 2 N–H and O–H groups in total. The fourth-order valence-electron chi connectivity index (χ4n) is 2.23. The molecule has 18 heavy (non-hydrogen) atoms. The van der Waals surface area contributed by atoms with Crippen LogP contribution in [0.2, 0.25) is 0 Å². The molecular weight excluding hydrogens is 246 g/mol. The van der Waals surface area contributed by atoms with Crippen molar-refractivity contribution in [2.75, 3.05) is 24.6 Å². The first-order chi connectivity index (χ1) is 8.70. The second kappa shape index (κ2) is 6.11. The topological polar surface area (TPSA) is 51.4 Å². The van der Waals surface area contributed by atoms with Crippen LogP contribution in [0.15, 0.2) is 18.3 Å². The highest BCUT2D eigenvalue weighted by Gasteiger charge is 2.20. The van der Waals surface area contributed by atoms with Crippen molar-refractivity contribution in [3.05, 3.63) is 23.9 Å². The lowest BCUT2D eigenvalue weighted by molar-refractivity contribution is 0.0458. The summed E-state index contributed by atoms with van der Waals surface area (Å²) in [6.45, 7) is 4.77. The molecule has 1 fully saturated rings. The van der Waals surface area contributed by atoms with E-state index in [1.807, 2.05) is 19.1 Å². The number of hydrogen-bond acceptors (Lipinski definition) is 4. The van der Waals surface area contributed by atoms with Crippen molar-refractivity contribution >= 4 is 23.0 Å². The number of piperidine rings is 1. The van der Waals surface area contributed by atoms with Gasteiger partial charge in [-0.15, -0.1) is 0 Å². The molecule has 1 aromatic rings. The Labute approximate surface area is 113 Å². The molecule has 0 aliphatic carbocycles. The molecule has 2 rings (SSSR count). The van der Waals surface area contributed by atoms with E-state index >= 15 is 0 Å². The first-order valence-corrected chi connectivity index (χ1v) is 6.74. The van der Waals surface area contributed by atoms with Crippen LogP contribution in [0.1, 0.15) is 25.3 Å². The van der Waals surface area contributed by atoms with Gasteiger partial charge in [0, 0.05) is 31.5 Å². The second-order valence-electron chi connectivity index (χ2n) is 4.41. The molecule has 0 amide bonds. The van der Waals surface area contributed by atoms with Crippen molar-refractivity contribution in [3.8, 4) is 0 Å². The van der Waals surface area contributed by atoms with E-state index < -0.39 is 0 Å². The Hall–Kier alpha value is -1.20. The maximum absolute atomic E-state index is 5.64. The van der Waals surface area contributed by atoms with Crippen LogP contribution in [0.3, 0.4) is 0 Å². The molecule has 0 aromatic carbocycles. The molecule has 0 unspecified atom stereocenters. The average Bonchev–Trinajstić information content (AvgIpc) is 2.40. The SMILES string of the molecule is CCOC1CCN(c2cc(C(N)=S)ccn2)CC1.